The van der Waals surface area contributed by atoms with Gasteiger partial charge in [0.05, 0.1) is 7.11 Å². The highest BCUT2D eigenvalue weighted by atomic mass is 16.6. The van der Waals surface area contributed by atoms with E-state index in [2.05, 4.69) is 37.5 Å². The van der Waals surface area contributed by atoms with Gasteiger partial charge in [-0.3, -0.25) is 0 Å². The fraction of sp³-hybridized carbons (Fsp3) is 0.455. The van der Waals surface area contributed by atoms with Crippen molar-refractivity contribution in [1.29, 1.82) is 0 Å². The van der Waals surface area contributed by atoms with Crippen LogP contribution < -0.4 is 5.48 Å². The van der Waals surface area contributed by atoms with Crippen LogP contribution in [0.3, 0.4) is 0 Å². The summed E-state index contributed by atoms with van der Waals surface area (Å²) in [5.41, 5.74) is 6.90. The number of hydroxylamine groups is 1. The summed E-state index contributed by atoms with van der Waals surface area (Å²) in [7, 11) is 1.64. The Hall–Kier alpha value is -0.860. The van der Waals surface area contributed by atoms with Crippen LogP contribution in [0.2, 0.25) is 0 Å². The molecule has 0 aromatic heterocycles. The summed E-state index contributed by atoms with van der Waals surface area (Å²) < 4.78 is 0. The highest BCUT2D eigenvalue weighted by Gasteiger charge is 1.97. The summed E-state index contributed by atoms with van der Waals surface area (Å²) in [5, 5.41) is 0. The standard InChI is InChI=1S/C11H17NO/c1-9-4-5-11(10(2)8-9)6-7-12-13-3/h4-5,8,12H,6-7H2,1-3H3. The third-order valence-corrected chi connectivity index (χ3v) is 2.14. The zero-order chi connectivity index (χ0) is 9.68. The van der Waals surface area contributed by atoms with E-state index in [1.54, 1.807) is 7.11 Å². The van der Waals surface area contributed by atoms with E-state index in [-0.39, 0.29) is 0 Å². The van der Waals surface area contributed by atoms with E-state index >= 15 is 0 Å². The lowest BCUT2D eigenvalue weighted by Crippen LogP contribution is -2.15. The van der Waals surface area contributed by atoms with E-state index in [9.17, 15) is 0 Å². The molecule has 0 saturated heterocycles. The van der Waals surface area contributed by atoms with Gasteiger partial charge in [-0.15, -0.1) is 0 Å². The SMILES string of the molecule is CONCCc1ccc(C)cc1C. The minimum Gasteiger partial charge on any atom is -0.305 e. The summed E-state index contributed by atoms with van der Waals surface area (Å²) in [4.78, 5) is 4.78. The Balaban J connectivity index is 2.56. The monoisotopic (exact) mass is 179 g/mol. The van der Waals surface area contributed by atoms with E-state index in [0.717, 1.165) is 13.0 Å². The van der Waals surface area contributed by atoms with Gasteiger partial charge in [0.15, 0.2) is 0 Å². The molecular weight excluding hydrogens is 162 g/mol. The van der Waals surface area contributed by atoms with Gasteiger partial charge < -0.3 is 4.84 Å². The van der Waals surface area contributed by atoms with Gasteiger partial charge in [-0.25, -0.2) is 5.48 Å². The largest absolute Gasteiger partial charge is 0.305 e. The number of rotatable bonds is 4. The minimum absolute atomic E-state index is 0.862. The van der Waals surface area contributed by atoms with E-state index in [0.29, 0.717) is 0 Å². The third-order valence-electron chi connectivity index (χ3n) is 2.14. The molecule has 2 nitrogen and oxygen atoms in total. The summed E-state index contributed by atoms with van der Waals surface area (Å²) in [6.07, 6.45) is 1.01. The zero-order valence-electron chi connectivity index (χ0n) is 8.55. The second-order valence-electron chi connectivity index (χ2n) is 3.28. The average molecular weight is 179 g/mol. The van der Waals surface area contributed by atoms with Crippen LogP contribution in [0.15, 0.2) is 18.2 Å². The first-order valence-corrected chi connectivity index (χ1v) is 4.56. The molecule has 13 heavy (non-hydrogen) atoms. The summed E-state index contributed by atoms with van der Waals surface area (Å²) in [6, 6.07) is 6.54. The number of nitrogens with one attached hydrogen (secondary N) is 1. The molecule has 0 spiro atoms. The second-order valence-corrected chi connectivity index (χ2v) is 3.28. The predicted octanol–water partition coefficient (Wildman–Crippen LogP) is 2.00. The zero-order valence-corrected chi connectivity index (χ0v) is 8.55. The Morgan fingerprint density at radius 3 is 2.69 bits per heavy atom. The Labute approximate surface area is 79.9 Å². The predicted molar refractivity (Wildman–Crippen MR) is 54.6 cm³/mol. The van der Waals surface area contributed by atoms with Crippen molar-refractivity contribution < 1.29 is 4.84 Å². The lowest BCUT2D eigenvalue weighted by Gasteiger charge is -2.06. The quantitative estimate of drug-likeness (QED) is 0.564. The van der Waals surface area contributed by atoms with Gasteiger partial charge in [0.1, 0.15) is 0 Å². The van der Waals surface area contributed by atoms with Crippen LogP contribution in [0.25, 0.3) is 0 Å². The normalized spacial score (nSPS) is 10.4. The molecular formula is C11H17NO. The molecule has 0 atom stereocenters. The van der Waals surface area contributed by atoms with Crippen molar-refractivity contribution in [3.05, 3.63) is 34.9 Å². The fourth-order valence-electron chi connectivity index (χ4n) is 1.41. The maximum absolute atomic E-state index is 4.78. The van der Waals surface area contributed by atoms with E-state index in [1.807, 2.05) is 0 Å². The van der Waals surface area contributed by atoms with Crippen molar-refractivity contribution in [2.75, 3.05) is 13.7 Å². The Kier molecular flexibility index (Phi) is 3.93. The molecule has 72 valence electrons. The third kappa shape index (κ3) is 3.17. The molecule has 0 aliphatic carbocycles. The lowest BCUT2D eigenvalue weighted by molar-refractivity contribution is 0.0928. The average Bonchev–Trinajstić information content (AvgIpc) is 2.09. The van der Waals surface area contributed by atoms with Crippen molar-refractivity contribution in [3.8, 4) is 0 Å². The number of aryl methyl sites for hydroxylation is 2. The van der Waals surface area contributed by atoms with Crippen LogP contribution in [0, 0.1) is 13.8 Å². The van der Waals surface area contributed by atoms with Gasteiger partial charge in [-0.1, -0.05) is 23.8 Å². The summed E-state index contributed by atoms with van der Waals surface area (Å²) in [6.45, 7) is 5.12. The van der Waals surface area contributed by atoms with Crippen molar-refractivity contribution >= 4 is 0 Å². The van der Waals surface area contributed by atoms with Crippen LogP contribution in [-0.4, -0.2) is 13.7 Å². The first kappa shape index (κ1) is 10.2. The second kappa shape index (κ2) is 5.00. The van der Waals surface area contributed by atoms with Crippen LogP contribution in [0.1, 0.15) is 16.7 Å². The molecule has 2 heteroatoms. The van der Waals surface area contributed by atoms with Gasteiger partial charge in [-0.05, 0) is 31.4 Å². The van der Waals surface area contributed by atoms with Crippen LogP contribution in [-0.2, 0) is 11.3 Å². The summed E-state index contributed by atoms with van der Waals surface area (Å²) in [5.74, 6) is 0. The molecule has 0 unspecified atom stereocenters. The smallest absolute Gasteiger partial charge is 0.0572 e. The van der Waals surface area contributed by atoms with Gasteiger partial charge in [0.25, 0.3) is 0 Å². The van der Waals surface area contributed by atoms with Gasteiger partial charge in [0.2, 0.25) is 0 Å². The minimum atomic E-state index is 0.862. The van der Waals surface area contributed by atoms with E-state index in [4.69, 9.17) is 4.84 Å². The molecule has 0 fully saturated rings. The van der Waals surface area contributed by atoms with Gasteiger partial charge in [0, 0.05) is 6.54 Å². The van der Waals surface area contributed by atoms with Crippen LogP contribution in [0.5, 0.6) is 0 Å². The van der Waals surface area contributed by atoms with E-state index < -0.39 is 0 Å². The van der Waals surface area contributed by atoms with Crippen molar-refractivity contribution in [3.63, 3.8) is 0 Å². The summed E-state index contributed by atoms with van der Waals surface area (Å²) >= 11 is 0. The first-order valence-electron chi connectivity index (χ1n) is 4.56. The number of hydrogen-bond donors (Lipinski definition) is 1. The molecule has 0 saturated carbocycles. The van der Waals surface area contributed by atoms with Crippen LogP contribution >= 0.6 is 0 Å². The maximum atomic E-state index is 4.78. The van der Waals surface area contributed by atoms with Gasteiger partial charge >= 0.3 is 0 Å². The highest BCUT2D eigenvalue weighted by molar-refractivity contribution is 5.30. The molecule has 1 rings (SSSR count). The fourth-order valence-corrected chi connectivity index (χ4v) is 1.41. The number of hydrogen-bond acceptors (Lipinski definition) is 2. The Morgan fingerprint density at radius 2 is 2.08 bits per heavy atom. The van der Waals surface area contributed by atoms with Crippen molar-refractivity contribution in [2.45, 2.75) is 20.3 Å². The van der Waals surface area contributed by atoms with Gasteiger partial charge in [-0.2, -0.15) is 0 Å². The molecule has 1 aromatic rings. The molecule has 0 heterocycles. The van der Waals surface area contributed by atoms with E-state index in [1.165, 1.54) is 16.7 Å². The maximum Gasteiger partial charge on any atom is 0.0572 e. The molecule has 0 aliphatic rings. The first-order chi connectivity index (χ1) is 6.24. The molecule has 1 aromatic carbocycles. The molecule has 0 bridgehead atoms. The topological polar surface area (TPSA) is 21.3 Å². The van der Waals surface area contributed by atoms with Crippen molar-refractivity contribution in [2.24, 2.45) is 0 Å². The lowest BCUT2D eigenvalue weighted by atomic mass is 10.0. The van der Waals surface area contributed by atoms with Crippen molar-refractivity contribution in [1.82, 2.24) is 5.48 Å². The van der Waals surface area contributed by atoms with Crippen LogP contribution in [0.4, 0.5) is 0 Å². The number of benzene rings is 1. The Bertz CT molecular complexity index is 271. The molecule has 1 N–H and O–H groups in total. The molecule has 0 aliphatic heterocycles. The highest BCUT2D eigenvalue weighted by Crippen LogP contribution is 2.10. The molecule has 0 amide bonds. The molecule has 0 radical (unpaired) electrons. The Morgan fingerprint density at radius 1 is 1.31 bits per heavy atom.